The van der Waals surface area contributed by atoms with Gasteiger partial charge < -0.3 is 15.8 Å². The molecule has 0 spiro atoms. The number of fused-ring (bicyclic) bond motifs is 1. The number of carbonyl (C=O) groups is 1. The molecule has 5 heteroatoms. The first-order valence-corrected chi connectivity index (χ1v) is 6.27. The monoisotopic (exact) mass is 284 g/mol. The van der Waals surface area contributed by atoms with Gasteiger partial charge in [-0.15, -0.1) is 12.4 Å². The van der Waals surface area contributed by atoms with E-state index in [1.165, 1.54) is 0 Å². The molecule has 4 nitrogen and oxygen atoms in total. The van der Waals surface area contributed by atoms with Crippen molar-refractivity contribution < 1.29 is 9.53 Å². The number of benzene rings is 1. The minimum atomic E-state index is -0.534. The lowest BCUT2D eigenvalue weighted by Gasteiger charge is -2.30. The second-order valence-corrected chi connectivity index (χ2v) is 5.29. The van der Waals surface area contributed by atoms with Gasteiger partial charge in [0.25, 0.3) is 0 Å². The van der Waals surface area contributed by atoms with Crippen molar-refractivity contribution in [1.29, 1.82) is 0 Å². The summed E-state index contributed by atoms with van der Waals surface area (Å²) in [5.74, 6) is 0.853. The maximum Gasteiger partial charge on any atom is 0.227 e. The molecule has 0 aromatic heterocycles. The largest absolute Gasteiger partial charge is 0.493 e. The molecule has 1 heterocycles. The van der Waals surface area contributed by atoms with E-state index >= 15 is 0 Å². The normalized spacial score (nSPS) is 17.7. The lowest BCUT2D eigenvalue weighted by atomic mass is 9.91. The van der Waals surface area contributed by atoms with Gasteiger partial charge in [0, 0.05) is 18.5 Å². The maximum absolute atomic E-state index is 12.1. The molecule has 19 heavy (non-hydrogen) atoms. The molecule has 0 saturated heterocycles. The first-order valence-electron chi connectivity index (χ1n) is 6.27. The zero-order chi connectivity index (χ0) is 13.2. The van der Waals surface area contributed by atoms with E-state index in [0.717, 1.165) is 17.7 Å². The number of nitrogens with two attached hydrogens (primary N) is 1. The quantitative estimate of drug-likeness (QED) is 0.893. The van der Waals surface area contributed by atoms with Gasteiger partial charge in [-0.1, -0.05) is 18.2 Å². The fourth-order valence-electron chi connectivity index (χ4n) is 1.94. The number of ether oxygens (including phenoxy) is 1. The third-order valence-corrected chi connectivity index (χ3v) is 3.39. The number of hydrogen-bond acceptors (Lipinski definition) is 3. The van der Waals surface area contributed by atoms with Crippen LogP contribution in [-0.4, -0.2) is 19.1 Å². The Labute approximate surface area is 120 Å². The van der Waals surface area contributed by atoms with Gasteiger partial charge in [0.2, 0.25) is 5.91 Å². The van der Waals surface area contributed by atoms with Crippen molar-refractivity contribution in [3.63, 3.8) is 0 Å². The zero-order valence-corrected chi connectivity index (χ0v) is 12.1. The molecule has 0 radical (unpaired) electrons. The number of carbonyl (C=O) groups excluding carboxylic acids is 1. The molecule has 1 aliphatic rings. The molecule has 0 fully saturated rings. The fourth-order valence-corrected chi connectivity index (χ4v) is 1.94. The highest BCUT2D eigenvalue weighted by molar-refractivity contribution is 5.85. The third-order valence-electron chi connectivity index (χ3n) is 3.39. The molecule has 1 aromatic rings. The van der Waals surface area contributed by atoms with Gasteiger partial charge in [-0.25, -0.2) is 0 Å². The van der Waals surface area contributed by atoms with E-state index < -0.39 is 5.41 Å². The van der Waals surface area contributed by atoms with Crippen molar-refractivity contribution >= 4 is 18.3 Å². The Balaban J connectivity index is 0.00000180. The van der Waals surface area contributed by atoms with Crippen LogP contribution < -0.4 is 15.8 Å². The second-order valence-electron chi connectivity index (χ2n) is 5.29. The van der Waals surface area contributed by atoms with Crippen LogP contribution in [0, 0.1) is 5.41 Å². The van der Waals surface area contributed by atoms with Crippen LogP contribution in [0.1, 0.15) is 31.9 Å². The van der Waals surface area contributed by atoms with Crippen molar-refractivity contribution in [3.05, 3.63) is 29.8 Å². The topological polar surface area (TPSA) is 64.4 Å². The van der Waals surface area contributed by atoms with Gasteiger partial charge in [0.1, 0.15) is 5.75 Å². The standard InChI is InChI=1S/C14H20N2O2.ClH/c1-14(2,9-15)13(17)16-11-7-8-18-12-6-4-3-5-10(11)12;/h3-6,11H,7-9,15H2,1-2H3,(H,16,17);1H. The molecule has 106 valence electrons. The van der Waals surface area contributed by atoms with Crippen LogP contribution in [0.25, 0.3) is 0 Å². The first kappa shape index (κ1) is 15.8. The molecule has 1 amide bonds. The van der Waals surface area contributed by atoms with Gasteiger partial charge in [-0.05, 0) is 19.9 Å². The van der Waals surface area contributed by atoms with Gasteiger partial charge in [0.15, 0.2) is 0 Å². The summed E-state index contributed by atoms with van der Waals surface area (Å²) >= 11 is 0. The molecule has 1 aromatic carbocycles. The first-order chi connectivity index (χ1) is 8.54. The van der Waals surface area contributed by atoms with Gasteiger partial charge in [-0.2, -0.15) is 0 Å². The highest BCUT2D eigenvalue weighted by Crippen LogP contribution is 2.32. The van der Waals surface area contributed by atoms with Crippen molar-refractivity contribution in [3.8, 4) is 5.75 Å². The van der Waals surface area contributed by atoms with E-state index in [1.54, 1.807) is 0 Å². The average Bonchev–Trinajstić information content (AvgIpc) is 2.39. The fraction of sp³-hybridized carbons (Fsp3) is 0.500. The smallest absolute Gasteiger partial charge is 0.227 e. The molecule has 1 aliphatic heterocycles. The molecule has 0 bridgehead atoms. The molecule has 1 unspecified atom stereocenters. The highest BCUT2D eigenvalue weighted by Gasteiger charge is 2.30. The number of nitrogens with one attached hydrogen (secondary N) is 1. The molecular formula is C14H21ClN2O2. The second kappa shape index (κ2) is 6.26. The van der Waals surface area contributed by atoms with E-state index in [0.29, 0.717) is 13.2 Å². The number of para-hydroxylation sites is 1. The van der Waals surface area contributed by atoms with Crippen LogP contribution >= 0.6 is 12.4 Å². The van der Waals surface area contributed by atoms with Crippen molar-refractivity contribution in [2.75, 3.05) is 13.2 Å². The number of halogens is 1. The summed E-state index contributed by atoms with van der Waals surface area (Å²) in [6.45, 7) is 4.68. The summed E-state index contributed by atoms with van der Waals surface area (Å²) in [6.07, 6.45) is 0.795. The third kappa shape index (κ3) is 3.39. The average molecular weight is 285 g/mol. The van der Waals surface area contributed by atoms with Gasteiger partial charge in [0.05, 0.1) is 18.1 Å². The zero-order valence-electron chi connectivity index (χ0n) is 11.3. The van der Waals surface area contributed by atoms with Crippen LogP contribution in [0.5, 0.6) is 5.75 Å². The number of hydrogen-bond donors (Lipinski definition) is 2. The van der Waals surface area contributed by atoms with Crippen LogP contribution in [0.2, 0.25) is 0 Å². The Morgan fingerprint density at radius 3 is 2.84 bits per heavy atom. The highest BCUT2D eigenvalue weighted by atomic mass is 35.5. The van der Waals surface area contributed by atoms with Crippen molar-refractivity contribution in [2.24, 2.45) is 11.1 Å². The summed E-state index contributed by atoms with van der Waals surface area (Å²) in [5, 5.41) is 3.07. The molecular weight excluding hydrogens is 264 g/mol. The van der Waals surface area contributed by atoms with Crippen LogP contribution in [0.4, 0.5) is 0 Å². The van der Waals surface area contributed by atoms with E-state index in [4.69, 9.17) is 10.5 Å². The predicted octanol–water partition coefficient (Wildman–Crippen LogP) is 2.03. The lowest BCUT2D eigenvalue weighted by Crippen LogP contribution is -2.44. The minimum Gasteiger partial charge on any atom is -0.493 e. The van der Waals surface area contributed by atoms with Gasteiger partial charge in [-0.3, -0.25) is 4.79 Å². The Bertz CT molecular complexity index is 449. The summed E-state index contributed by atoms with van der Waals surface area (Å²) in [7, 11) is 0. The Morgan fingerprint density at radius 2 is 2.16 bits per heavy atom. The predicted molar refractivity (Wildman–Crippen MR) is 77.5 cm³/mol. The van der Waals surface area contributed by atoms with Crippen molar-refractivity contribution in [1.82, 2.24) is 5.32 Å². The van der Waals surface area contributed by atoms with Crippen LogP contribution in [0.15, 0.2) is 24.3 Å². The van der Waals surface area contributed by atoms with Gasteiger partial charge >= 0.3 is 0 Å². The summed E-state index contributed by atoms with van der Waals surface area (Å²) in [5.41, 5.74) is 6.13. The Hall–Kier alpha value is -1.26. The molecule has 2 rings (SSSR count). The number of rotatable bonds is 3. The van der Waals surface area contributed by atoms with E-state index in [1.807, 2.05) is 38.1 Å². The SMILES string of the molecule is CC(C)(CN)C(=O)NC1CCOc2ccccc21.Cl. The summed E-state index contributed by atoms with van der Waals surface area (Å²) in [6, 6.07) is 7.85. The van der Waals surface area contributed by atoms with Crippen molar-refractivity contribution in [2.45, 2.75) is 26.3 Å². The maximum atomic E-state index is 12.1. The van der Waals surface area contributed by atoms with Crippen LogP contribution in [-0.2, 0) is 4.79 Å². The number of amides is 1. The molecule has 1 atom stereocenters. The molecule has 0 saturated carbocycles. The Morgan fingerprint density at radius 1 is 1.47 bits per heavy atom. The van der Waals surface area contributed by atoms with Crippen LogP contribution in [0.3, 0.4) is 0 Å². The van der Waals surface area contributed by atoms with E-state index in [9.17, 15) is 4.79 Å². The van der Waals surface area contributed by atoms with E-state index in [2.05, 4.69) is 5.32 Å². The van der Waals surface area contributed by atoms with E-state index in [-0.39, 0.29) is 24.4 Å². The molecule has 3 N–H and O–H groups in total. The molecule has 0 aliphatic carbocycles. The Kier molecular flexibility index (Phi) is 5.20. The summed E-state index contributed by atoms with van der Waals surface area (Å²) in [4.78, 5) is 12.1. The minimum absolute atomic E-state index is 0. The lowest BCUT2D eigenvalue weighted by molar-refractivity contribution is -0.129. The summed E-state index contributed by atoms with van der Waals surface area (Å²) < 4.78 is 5.57.